The zero-order chi connectivity index (χ0) is 40.6. The third-order valence-electron chi connectivity index (χ3n) is 10.8. The first kappa shape index (κ1) is 35.9. The van der Waals surface area contributed by atoms with E-state index in [2.05, 4.69) is 41.0 Å². The van der Waals surface area contributed by atoms with Crippen LogP contribution in [0.5, 0.6) is 0 Å². The molecule has 7 heteroatoms. The second-order valence-corrected chi connectivity index (χ2v) is 14.4. The van der Waals surface area contributed by atoms with E-state index in [9.17, 15) is 10.5 Å². The van der Waals surface area contributed by atoms with Crippen molar-refractivity contribution in [3.05, 3.63) is 205 Å². The van der Waals surface area contributed by atoms with Crippen LogP contribution in [0, 0.1) is 28.5 Å². The molecule has 10 rings (SSSR count). The Labute approximate surface area is 345 Å². The van der Waals surface area contributed by atoms with Crippen LogP contribution in [0.4, 0.5) is 4.39 Å². The summed E-state index contributed by atoms with van der Waals surface area (Å²) in [5.74, 6) is 1.03. The van der Waals surface area contributed by atoms with Gasteiger partial charge in [0.05, 0.1) is 34.3 Å². The molecule has 0 aliphatic carbocycles. The molecule has 2 aromatic heterocycles. The average molecular weight is 771 g/mol. The Morgan fingerprint density at radius 1 is 0.383 bits per heavy atom. The molecule has 8 aromatic carbocycles. The number of fused-ring (bicyclic) bond motifs is 3. The van der Waals surface area contributed by atoms with E-state index in [1.165, 1.54) is 6.07 Å². The molecular formula is C53H31FN6. The van der Waals surface area contributed by atoms with Crippen LogP contribution in [-0.2, 0) is 0 Å². The number of rotatable bonds is 7. The van der Waals surface area contributed by atoms with Crippen LogP contribution >= 0.6 is 0 Å². The molecule has 60 heavy (non-hydrogen) atoms. The van der Waals surface area contributed by atoms with Crippen LogP contribution in [0.3, 0.4) is 0 Å². The Kier molecular flexibility index (Phi) is 9.02. The lowest BCUT2D eigenvalue weighted by Crippen LogP contribution is -2.03. The number of benzene rings is 8. The third kappa shape index (κ3) is 6.34. The third-order valence-corrected chi connectivity index (χ3v) is 10.8. The largest absolute Gasteiger partial charge is 0.309 e. The molecule has 10 aromatic rings. The van der Waals surface area contributed by atoms with Crippen molar-refractivity contribution in [2.45, 2.75) is 0 Å². The summed E-state index contributed by atoms with van der Waals surface area (Å²) in [6, 6.07) is 64.6. The molecule has 0 spiro atoms. The van der Waals surface area contributed by atoms with E-state index < -0.39 is 0 Å². The molecule has 0 saturated heterocycles. The minimum absolute atomic E-state index is 0.362. The molecule has 2 heterocycles. The highest BCUT2D eigenvalue weighted by atomic mass is 19.1. The van der Waals surface area contributed by atoms with Gasteiger partial charge in [-0.3, -0.25) is 0 Å². The van der Waals surface area contributed by atoms with E-state index in [-0.39, 0.29) is 5.82 Å². The van der Waals surface area contributed by atoms with E-state index in [0.717, 1.165) is 60.9 Å². The molecular weight excluding hydrogens is 740 g/mol. The van der Waals surface area contributed by atoms with Gasteiger partial charge in [0.25, 0.3) is 0 Å². The first-order chi connectivity index (χ1) is 29.6. The lowest BCUT2D eigenvalue weighted by molar-refractivity contribution is 0.631. The fourth-order valence-electron chi connectivity index (χ4n) is 8.00. The number of aromatic nitrogens is 4. The predicted octanol–water partition coefficient (Wildman–Crippen LogP) is 12.9. The summed E-state index contributed by atoms with van der Waals surface area (Å²) >= 11 is 0. The maximum Gasteiger partial charge on any atom is 0.164 e. The molecule has 0 amide bonds. The van der Waals surface area contributed by atoms with Crippen molar-refractivity contribution >= 4 is 21.8 Å². The lowest BCUT2D eigenvalue weighted by atomic mass is 9.96. The smallest absolute Gasteiger partial charge is 0.164 e. The summed E-state index contributed by atoms with van der Waals surface area (Å²) < 4.78 is 18.0. The zero-order valence-corrected chi connectivity index (χ0v) is 32.0. The second kappa shape index (κ2) is 15.1. The monoisotopic (exact) mass is 770 g/mol. The van der Waals surface area contributed by atoms with Crippen molar-refractivity contribution in [1.82, 2.24) is 19.5 Å². The lowest BCUT2D eigenvalue weighted by Gasteiger charge is -2.16. The second-order valence-electron chi connectivity index (χ2n) is 14.4. The topological polar surface area (TPSA) is 91.2 Å². The standard InChI is InChI=1S/C53H31FN6/c54-48-22-12-11-21-44(48)43-26-25-40(31-47(43)53-58-51(34-13-3-1-4-14-34)57-52(59-53)35-15-5-2-6-16-35)60-49-27-23-36(41-19-9-7-17-38(41)32-55)29-45(49)46-30-37(24-28-50(46)60)42-20-10-8-18-39(42)33-56/h1-31H. The van der Waals surface area contributed by atoms with Crippen LogP contribution in [0.25, 0.3) is 95.0 Å². The van der Waals surface area contributed by atoms with Crippen molar-refractivity contribution in [2.75, 3.05) is 0 Å². The normalized spacial score (nSPS) is 11.1. The van der Waals surface area contributed by atoms with Gasteiger partial charge in [-0.25, -0.2) is 19.3 Å². The Morgan fingerprint density at radius 3 is 1.37 bits per heavy atom. The van der Waals surface area contributed by atoms with Gasteiger partial charge in [0.15, 0.2) is 17.5 Å². The van der Waals surface area contributed by atoms with Crippen LogP contribution in [0.2, 0.25) is 0 Å². The van der Waals surface area contributed by atoms with Gasteiger partial charge in [-0.1, -0.05) is 133 Å². The van der Waals surface area contributed by atoms with Crippen molar-refractivity contribution in [2.24, 2.45) is 0 Å². The van der Waals surface area contributed by atoms with Gasteiger partial charge in [-0.15, -0.1) is 0 Å². The van der Waals surface area contributed by atoms with Gasteiger partial charge >= 0.3 is 0 Å². The predicted molar refractivity (Wildman–Crippen MR) is 236 cm³/mol. The van der Waals surface area contributed by atoms with Gasteiger partial charge < -0.3 is 4.57 Å². The Hall–Kier alpha value is -8.52. The van der Waals surface area contributed by atoms with E-state index in [0.29, 0.717) is 45.3 Å². The highest BCUT2D eigenvalue weighted by Crippen LogP contribution is 2.41. The molecule has 280 valence electrons. The van der Waals surface area contributed by atoms with Crippen LogP contribution in [-0.4, -0.2) is 19.5 Å². The minimum Gasteiger partial charge on any atom is -0.309 e. The summed E-state index contributed by atoms with van der Waals surface area (Å²) in [5, 5.41) is 22.0. The molecule has 0 aliphatic rings. The van der Waals surface area contributed by atoms with E-state index in [1.54, 1.807) is 12.1 Å². The first-order valence-corrected chi connectivity index (χ1v) is 19.4. The van der Waals surface area contributed by atoms with Crippen molar-refractivity contribution in [3.63, 3.8) is 0 Å². The van der Waals surface area contributed by atoms with Crippen molar-refractivity contribution < 1.29 is 4.39 Å². The minimum atomic E-state index is -0.362. The maximum absolute atomic E-state index is 15.8. The van der Waals surface area contributed by atoms with Crippen molar-refractivity contribution in [3.8, 4) is 85.4 Å². The van der Waals surface area contributed by atoms with Crippen LogP contribution in [0.15, 0.2) is 188 Å². The Morgan fingerprint density at radius 2 is 0.850 bits per heavy atom. The summed E-state index contributed by atoms with van der Waals surface area (Å²) in [7, 11) is 0. The molecule has 6 nitrogen and oxygen atoms in total. The molecule has 0 bridgehead atoms. The fourth-order valence-corrected chi connectivity index (χ4v) is 8.00. The van der Waals surface area contributed by atoms with Crippen LogP contribution < -0.4 is 0 Å². The van der Waals surface area contributed by atoms with Gasteiger partial charge in [-0.2, -0.15) is 10.5 Å². The van der Waals surface area contributed by atoms with Gasteiger partial charge in [0.2, 0.25) is 0 Å². The van der Waals surface area contributed by atoms with Gasteiger partial charge in [0, 0.05) is 38.7 Å². The molecule has 0 aliphatic heterocycles. The maximum atomic E-state index is 15.8. The Bertz CT molecular complexity index is 3190. The summed E-state index contributed by atoms with van der Waals surface area (Å²) in [6.07, 6.45) is 0. The average Bonchev–Trinajstić information content (AvgIpc) is 3.65. The highest BCUT2D eigenvalue weighted by molar-refractivity contribution is 6.12. The molecule has 0 fully saturated rings. The fraction of sp³-hybridized carbons (Fsp3) is 0. The van der Waals surface area contributed by atoms with E-state index in [4.69, 9.17) is 15.0 Å². The SMILES string of the molecule is N#Cc1ccccc1-c1ccc2c(c1)c1cc(-c3ccccc3C#N)ccc1n2-c1ccc(-c2ccccc2F)c(-c2nc(-c3ccccc3)nc(-c3ccccc3)n2)c1. The number of hydrogen-bond acceptors (Lipinski definition) is 5. The summed E-state index contributed by atoms with van der Waals surface area (Å²) in [6.45, 7) is 0. The summed E-state index contributed by atoms with van der Waals surface area (Å²) in [5.41, 5.74) is 10.6. The molecule has 0 N–H and O–H groups in total. The number of nitrogens with zero attached hydrogens (tertiary/aromatic N) is 6. The number of hydrogen-bond donors (Lipinski definition) is 0. The molecule has 0 radical (unpaired) electrons. The van der Waals surface area contributed by atoms with Gasteiger partial charge in [0.1, 0.15) is 5.82 Å². The summed E-state index contributed by atoms with van der Waals surface area (Å²) in [4.78, 5) is 15.1. The van der Waals surface area contributed by atoms with Gasteiger partial charge in [-0.05, 0) is 82.4 Å². The molecule has 0 atom stereocenters. The zero-order valence-electron chi connectivity index (χ0n) is 32.0. The van der Waals surface area contributed by atoms with E-state index >= 15 is 4.39 Å². The number of nitriles is 2. The van der Waals surface area contributed by atoms with Crippen molar-refractivity contribution in [1.29, 1.82) is 10.5 Å². The quantitative estimate of drug-likeness (QED) is 0.161. The van der Waals surface area contributed by atoms with E-state index in [1.807, 2.05) is 146 Å². The first-order valence-electron chi connectivity index (χ1n) is 19.4. The Balaban J connectivity index is 1.26. The molecule has 0 saturated carbocycles. The number of halogens is 1. The van der Waals surface area contributed by atoms with Crippen LogP contribution in [0.1, 0.15) is 11.1 Å². The molecule has 0 unspecified atom stereocenters. The highest BCUT2D eigenvalue weighted by Gasteiger charge is 2.21.